The molecule has 0 saturated carbocycles. The summed E-state index contributed by atoms with van der Waals surface area (Å²) in [5.41, 5.74) is 4.10. The molecule has 0 unspecified atom stereocenters. The van der Waals surface area contributed by atoms with Crippen molar-refractivity contribution in [3.05, 3.63) is 59.2 Å². The Balaban J connectivity index is 1.52. The fourth-order valence-electron chi connectivity index (χ4n) is 2.75. The van der Waals surface area contributed by atoms with Crippen molar-refractivity contribution in [1.29, 1.82) is 0 Å². The van der Waals surface area contributed by atoms with Gasteiger partial charge < -0.3 is 9.47 Å². The van der Waals surface area contributed by atoms with Crippen LogP contribution in [-0.2, 0) is 19.4 Å². The molecule has 0 amide bonds. The van der Waals surface area contributed by atoms with Crippen molar-refractivity contribution in [1.82, 2.24) is 0 Å². The SMILES string of the molecule is c1ccc2c(c1)CC(Oc1ccc3c(c1)CO3)C2. The molecule has 0 N–H and O–H groups in total. The first kappa shape index (κ1) is 10.0. The highest BCUT2D eigenvalue weighted by molar-refractivity contribution is 5.44. The Bertz CT molecular complexity index is 579. The average molecular weight is 238 g/mol. The van der Waals surface area contributed by atoms with Gasteiger partial charge >= 0.3 is 0 Å². The molecule has 90 valence electrons. The van der Waals surface area contributed by atoms with Crippen LogP contribution in [0.15, 0.2) is 42.5 Å². The van der Waals surface area contributed by atoms with Crippen LogP contribution >= 0.6 is 0 Å². The van der Waals surface area contributed by atoms with E-state index in [9.17, 15) is 0 Å². The molecule has 2 aromatic carbocycles. The van der Waals surface area contributed by atoms with Crippen molar-refractivity contribution in [2.75, 3.05) is 0 Å². The zero-order valence-electron chi connectivity index (χ0n) is 10.1. The lowest BCUT2D eigenvalue weighted by Gasteiger charge is -2.22. The highest BCUT2D eigenvalue weighted by Gasteiger charge is 2.23. The Labute approximate surface area is 106 Å². The van der Waals surface area contributed by atoms with Crippen molar-refractivity contribution >= 4 is 0 Å². The van der Waals surface area contributed by atoms with Gasteiger partial charge in [-0.25, -0.2) is 0 Å². The quantitative estimate of drug-likeness (QED) is 0.800. The summed E-state index contributed by atoms with van der Waals surface area (Å²) >= 11 is 0. The predicted octanol–water partition coefficient (Wildman–Crippen LogP) is 3.13. The molecular formula is C16H14O2. The van der Waals surface area contributed by atoms with Gasteiger partial charge in [0.05, 0.1) is 0 Å². The zero-order chi connectivity index (χ0) is 11.9. The van der Waals surface area contributed by atoms with E-state index in [2.05, 4.69) is 30.3 Å². The van der Waals surface area contributed by atoms with Crippen LogP contribution in [0.1, 0.15) is 16.7 Å². The Morgan fingerprint density at radius 1 is 0.944 bits per heavy atom. The smallest absolute Gasteiger partial charge is 0.126 e. The van der Waals surface area contributed by atoms with Crippen LogP contribution in [0.3, 0.4) is 0 Å². The molecule has 0 fully saturated rings. The van der Waals surface area contributed by atoms with Crippen LogP contribution in [0.4, 0.5) is 0 Å². The minimum absolute atomic E-state index is 0.279. The second kappa shape index (κ2) is 3.77. The van der Waals surface area contributed by atoms with Crippen molar-refractivity contribution in [2.24, 2.45) is 0 Å². The molecular weight excluding hydrogens is 224 g/mol. The lowest BCUT2D eigenvalue weighted by atomic mass is 10.1. The first-order valence-electron chi connectivity index (χ1n) is 6.38. The maximum absolute atomic E-state index is 6.07. The maximum atomic E-state index is 6.07. The molecule has 2 nitrogen and oxygen atoms in total. The highest BCUT2D eigenvalue weighted by Crippen LogP contribution is 2.33. The predicted molar refractivity (Wildman–Crippen MR) is 69.0 cm³/mol. The molecule has 0 spiro atoms. The first-order valence-corrected chi connectivity index (χ1v) is 6.38. The summed E-state index contributed by atoms with van der Waals surface area (Å²) in [7, 11) is 0. The zero-order valence-corrected chi connectivity index (χ0v) is 10.1. The van der Waals surface area contributed by atoms with Crippen molar-refractivity contribution in [3.8, 4) is 11.5 Å². The van der Waals surface area contributed by atoms with Gasteiger partial charge in [0.15, 0.2) is 0 Å². The number of fused-ring (bicyclic) bond motifs is 2. The minimum atomic E-state index is 0.279. The van der Waals surface area contributed by atoms with E-state index >= 15 is 0 Å². The molecule has 1 aliphatic heterocycles. The third-order valence-corrected chi connectivity index (χ3v) is 3.73. The molecule has 0 atom stereocenters. The molecule has 1 heterocycles. The van der Waals surface area contributed by atoms with Crippen LogP contribution in [-0.4, -0.2) is 6.10 Å². The average Bonchev–Trinajstić information content (AvgIpc) is 2.75. The molecule has 2 heteroatoms. The first-order chi connectivity index (χ1) is 8.88. The number of benzene rings is 2. The van der Waals surface area contributed by atoms with E-state index in [0.717, 1.165) is 30.9 Å². The van der Waals surface area contributed by atoms with Crippen molar-refractivity contribution in [2.45, 2.75) is 25.6 Å². The van der Waals surface area contributed by atoms with Crippen LogP contribution < -0.4 is 9.47 Å². The van der Waals surface area contributed by atoms with Gasteiger partial charge in [0.25, 0.3) is 0 Å². The third-order valence-electron chi connectivity index (χ3n) is 3.73. The number of hydrogen-bond donors (Lipinski definition) is 0. The fraction of sp³-hybridized carbons (Fsp3) is 0.250. The van der Waals surface area contributed by atoms with E-state index in [1.807, 2.05) is 12.1 Å². The van der Waals surface area contributed by atoms with Gasteiger partial charge in [-0.3, -0.25) is 0 Å². The summed E-state index contributed by atoms with van der Waals surface area (Å²) in [4.78, 5) is 0. The number of hydrogen-bond acceptors (Lipinski definition) is 2. The summed E-state index contributed by atoms with van der Waals surface area (Å²) in [5, 5.41) is 0. The summed E-state index contributed by atoms with van der Waals surface area (Å²) in [6, 6.07) is 14.7. The Morgan fingerprint density at radius 3 is 2.33 bits per heavy atom. The molecule has 2 aromatic rings. The fourth-order valence-corrected chi connectivity index (χ4v) is 2.75. The van der Waals surface area contributed by atoms with Crippen LogP contribution in [0.25, 0.3) is 0 Å². The molecule has 1 aliphatic carbocycles. The molecule has 4 rings (SSSR count). The van der Waals surface area contributed by atoms with Crippen molar-refractivity contribution < 1.29 is 9.47 Å². The summed E-state index contributed by atoms with van der Waals surface area (Å²) in [5.74, 6) is 1.96. The Hall–Kier alpha value is -1.96. The Kier molecular flexibility index (Phi) is 2.10. The van der Waals surface area contributed by atoms with Crippen LogP contribution in [0.5, 0.6) is 11.5 Å². The van der Waals surface area contributed by atoms with E-state index in [1.54, 1.807) is 0 Å². The molecule has 0 bridgehead atoms. The van der Waals surface area contributed by atoms with Crippen molar-refractivity contribution in [3.63, 3.8) is 0 Å². The maximum Gasteiger partial charge on any atom is 0.126 e. The summed E-state index contributed by atoms with van der Waals surface area (Å²) in [6.45, 7) is 0.720. The van der Waals surface area contributed by atoms with E-state index in [0.29, 0.717) is 0 Å². The molecule has 2 aliphatic rings. The highest BCUT2D eigenvalue weighted by atomic mass is 16.5. The monoisotopic (exact) mass is 238 g/mol. The summed E-state index contributed by atoms with van der Waals surface area (Å²) < 4.78 is 11.4. The van der Waals surface area contributed by atoms with Gasteiger partial charge in [-0.1, -0.05) is 24.3 Å². The van der Waals surface area contributed by atoms with Gasteiger partial charge in [0.1, 0.15) is 24.2 Å². The molecule has 0 saturated heterocycles. The largest absolute Gasteiger partial charge is 0.490 e. The standard InChI is InChI=1S/C16H14O2/c1-2-4-12-8-15(7-11(12)3-1)18-14-5-6-16-13(9-14)10-17-16/h1-6,9,15H,7-8,10H2. The van der Waals surface area contributed by atoms with E-state index in [-0.39, 0.29) is 6.10 Å². The Morgan fingerprint density at radius 2 is 1.72 bits per heavy atom. The van der Waals surface area contributed by atoms with Gasteiger partial charge in [-0.15, -0.1) is 0 Å². The van der Waals surface area contributed by atoms with Gasteiger partial charge in [0.2, 0.25) is 0 Å². The molecule has 0 aromatic heterocycles. The summed E-state index contributed by atoms with van der Waals surface area (Å²) in [6.07, 6.45) is 2.31. The van der Waals surface area contributed by atoms with Crippen LogP contribution in [0.2, 0.25) is 0 Å². The van der Waals surface area contributed by atoms with Gasteiger partial charge in [-0.05, 0) is 29.3 Å². The molecule has 18 heavy (non-hydrogen) atoms. The second-order valence-electron chi connectivity index (χ2n) is 4.98. The lowest BCUT2D eigenvalue weighted by molar-refractivity contribution is 0.207. The van der Waals surface area contributed by atoms with E-state index in [1.165, 1.54) is 16.7 Å². The van der Waals surface area contributed by atoms with Crippen LogP contribution in [0, 0.1) is 0 Å². The third kappa shape index (κ3) is 1.57. The lowest BCUT2D eigenvalue weighted by Crippen LogP contribution is -2.17. The number of rotatable bonds is 2. The second-order valence-corrected chi connectivity index (χ2v) is 4.98. The van der Waals surface area contributed by atoms with E-state index in [4.69, 9.17) is 9.47 Å². The van der Waals surface area contributed by atoms with Gasteiger partial charge in [-0.2, -0.15) is 0 Å². The normalized spacial score (nSPS) is 16.4. The van der Waals surface area contributed by atoms with Gasteiger partial charge in [0, 0.05) is 18.4 Å². The topological polar surface area (TPSA) is 18.5 Å². The number of ether oxygens (including phenoxy) is 2. The molecule has 0 radical (unpaired) electrons. The minimum Gasteiger partial charge on any atom is -0.490 e. The van der Waals surface area contributed by atoms with E-state index < -0.39 is 0 Å².